The van der Waals surface area contributed by atoms with Crippen LogP contribution in [-0.2, 0) is 16.1 Å². The molecule has 0 aliphatic rings. The number of carbonyl (C=O) groups excluding carboxylic acids is 1. The Labute approximate surface area is 96.8 Å². The summed E-state index contributed by atoms with van der Waals surface area (Å²) in [6.45, 7) is 5.86. The smallest absolute Gasteiger partial charge is 0.249 e. The van der Waals surface area contributed by atoms with Crippen molar-refractivity contribution < 1.29 is 9.63 Å². The van der Waals surface area contributed by atoms with Crippen LogP contribution in [0.1, 0.15) is 25.0 Å². The van der Waals surface area contributed by atoms with Gasteiger partial charge in [0.25, 0.3) is 0 Å². The van der Waals surface area contributed by atoms with Crippen LogP contribution >= 0.6 is 0 Å². The van der Waals surface area contributed by atoms with Crippen molar-refractivity contribution in [3.8, 4) is 0 Å². The van der Waals surface area contributed by atoms with E-state index in [0.29, 0.717) is 6.42 Å². The second kappa shape index (κ2) is 5.12. The van der Waals surface area contributed by atoms with Gasteiger partial charge in [0.1, 0.15) is 0 Å². The predicted molar refractivity (Wildman–Crippen MR) is 63.8 cm³/mol. The minimum Gasteiger partial charge on any atom is -0.277 e. The zero-order valence-corrected chi connectivity index (χ0v) is 10.3. The summed E-state index contributed by atoms with van der Waals surface area (Å²) in [5, 5.41) is 0. The largest absolute Gasteiger partial charge is 0.277 e. The molecule has 1 rings (SSSR count). The Morgan fingerprint density at radius 2 is 1.88 bits per heavy atom. The minimum absolute atomic E-state index is 0.101. The molecule has 88 valence electrons. The summed E-state index contributed by atoms with van der Waals surface area (Å²) in [6, 6.07) is 8.22. The first-order chi connectivity index (χ1) is 7.45. The molecule has 0 atom stereocenters. The third-order valence-corrected chi connectivity index (χ3v) is 2.58. The number of carbonyl (C=O) groups is 1. The van der Waals surface area contributed by atoms with Crippen molar-refractivity contribution in [2.45, 2.75) is 27.2 Å². The van der Waals surface area contributed by atoms with E-state index in [1.54, 1.807) is 0 Å². The van der Waals surface area contributed by atoms with E-state index in [1.165, 1.54) is 12.7 Å². The van der Waals surface area contributed by atoms with Gasteiger partial charge in [0.2, 0.25) is 5.91 Å². The second-order valence-electron chi connectivity index (χ2n) is 4.68. The number of rotatable bonds is 4. The molecule has 16 heavy (non-hydrogen) atoms. The van der Waals surface area contributed by atoms with Gasteiger partial charge in [0.15, 0.2) is 0 Å². The first-order valence-corrected chi connectivity index (χ1v) is 5.34. The van der Waals surface area contributed by atoms with Gasteiger partial charge in [-0.15, -0.1) is 0 Å². The third-order valence-electron chi connectivity index (χ3n) is 2.58. The Morgan fingerprint density at radius 3 is 2.38 bits per heavy atom. The van der Waals surface area contributed by atoms with E-state index >= 15 is 0 Å². The normalized spacial score (nSPS) is 11.2. The molecule has 3 nitrogen and oxygen atoms in total. The van der Waals surface area contributed by atoms with Crippen molar-refractivity contribution in [2.24, 2.45) is 5.41 Å². The lowest BCUT2D eigenvalue weighted by Crippen LogP contribution is -2.37. The zero-order valence-electron chi connectivity index (χ0n) is 10.3. The summed E-state index contributed by atoms with van der Waals surface area (Å²) in [4.78, 5) is 16.3. The fourth-order valence-corrected chi connectivity index (χ4v) is 1.53. The molecule has 3 heteroatoms. The highest BCUT2D eigenvalue weighted by Crippen LogP contribution is 2.22. The quantitative estimate of drug-likeness (QED) is 0.792. The van der Waals surface area contributed by atoms with Gasteiger partial charge in [-0.25, -0.2) is 5.48 Å². The second-order valence-corrected chi connectivity index (χ2v) is 4.68. The van der Waals surface area contributed by atoms with Crippen LogP contribution in [0.5, 0.6) is 0 Å². The topological polar surface area (TPSA) is 38.3 Å². The summed E-state index contributed by atoms with van der Waals surface area (Å²) in [6.07, 6.45) is 0.697. The van der Waals surface area contributed by atoms with Gasteiger partial charge in [-0.1, -0.05) is 43.7 Å². The lowest BCUT2D eigenvalue weighted by Gasteiger charge is -2.22. The molecular formula is C13H19NO2. The highest BCUT2D eigenvalue weighted by Gasteiger charge is 2.27. The van der Waals surface area contributed by atoms with E-state index in [1.807, 2.05) is 20.8 Å². The number of benzene rings is 1. The van der Waals surface area contributed by atoms with Crippen LogP contribution in [0.2, 0.25) is 0 Å². The Hall–Kier alpha value is -1.35. The van der Waals surface area contributed by atoms with Gasteiger partial charge < -0.3 is 0 Å². The molecule has 0 bridgehead atoms. The van der Waals surface area contributed by atoms with Gasteiger partial charge in [-0.3, -0.25) is 9.63 Å². The van der Waals surface area contributed by atoms with E-state index in [2.05, 4.69) is 34.6 Å². The van der Waals surface area contributed by atoms with Crippen LogP contribution in [0.15, 0.2) is 24.3 Å². The van der Waals surface area contributed by atoms with Crippen molar-refractivity contribution in [1.82, 2.24) is 5.48 Å². The molecule has 1 aromatic rings. The van der Waals surface area contributed by atoms with Gasteiger partial charge >= 0.3 is 0 Å². The lowest BCUT2D eigenvalue weighted by atomic mass is 9.85. The number of nitrogens with one attached hydrogen (secondary N) is 1. The maximum Gasteiger partial charge on any atom is 0.249 e. The van der Waals surface area contributed by atoms with Gasteiger partial charge in [0, 0.05) is 5.41 Å². The molecule has 0 unspecified atom stereocenters. The van der Waals surface area contributed by atoms with E-state index in [9.17, 15) is 4.79 Å². The van der Waals surface area contributed by atoms with Crippen LogP contribution in [-0.4, -0.2) is 13.0 Å². The van der Waals surface area contributed by atoms with Crippen LogP contribution in [0.25, 0.3) is 0 Å². The summed E-state index contributed by atoms with van der Waals surface area (Å²) in [7, 11) is 1.44. The lowest BCUT2D eigenvalue weighted by molar-refractivity contribution is -0.140. The molecule has 1 amide bonds. The highest BCUT2D eigenvalue weighted by atomic mass is 16.6. The summed E-state index contributed by atoms with van der Waals surface area (Å²) < 4.78 is 0. The van der Waals surface area contributed by atoms with Crippen LogP contribution in [0.4, 0.5) is 0 Å². The molecule has 0 aliphatic carbocycles. The number of aryl methyl sites for hydroxylation is 1. The Kier molecular flexibility index (Phi) is 4.07. The SMILES string of the molecule is CONC(=O)C(C)(C)Cc1ccc(C)cc1. The van der Waals surface area contributed by atoms with Crippen molar-refractivity contribution in [3.05, 3.63) is 35.4 Å². The number of amides is 1. The monoisotopic (exact) mass is 221 g/mol. The molecule has 0 fully saturated rings. The Morgan fingerprint density at radius 1 is 1.31 bits per heavy atom. The van der Waals surface area contributed by atoms with Crippen LogP contribution in [0.3, 0.4) is 0 Å². The number of hydrogen-bond donors (Lipinski definition) is 1. The van der Waals surface area contributed by atoms with Gasteiger partial charge in [0.05, 0.1) is 7.11 Å². The average Bonchev–Trinajstić information content (AvgIpc) is 2.21. The molecule has 0 heterocycles. The van der Waals surface area contributed by atoms with Crippen molar-refractivity contribution in [1.29, 1.82) is 0 Å². The molecule has 0 aromatic heterocycles. The molecule has 0 saturated carbocycles. The average molecular weight is 221 g/mol. The summed E-state index contributed by atoms with van der Waals surface area (Å²) >= 11 is 0. The van der Waals surface area contributed by atoms with E-state index in [0.717, 1.165) is 5.56 Å². The maximum absolute atomic E-state index is 11.7. The summed E-state index contributed by atoms with van der Waals surface area (Å²) in [5.41, 5.74) is 4.29. The molecule has 0 saturated heterocycles. The number of hydrogen-bond acceptors (Lipinski definition) is 2. The first-order valence-electron chi connectivity index (χ1n) is 5.34. The molecule has 0 radical (unpaired) electrons. The van der Waals surface area contributed by atoms with Crippen molar-refractivity contribution in [2.75, 3.05) is 7.11 Å². The fraction of sp³-hybridized carbons (Fsp3) is 0.462. The third kappa shape index (κ3) is 3.35. The Balaban J connectivity index is 2.72. The fourth-order valence-electron chi connectivity index (χ4n) is 1.53. The van der Waals surface area contributed by atoms with E-state index in [-0.39, 0.29) is 5.91 Å². The zero-order chi connectivity index (χ0) is 12.2. The Bertz CT molecular complexity index is 355. The van der Waals surface area contributed by atoms with E-state index < -0.39 is 5.41 Å². The van der Waals surface area contributed by atoms with Crippen LogP contribution in [0, 0.1) is 12.3 Å². The van der Waals surface area contributed by atoms with Crippen molar-refractivity contribution >= 4 is 5.91 Å². The highest BCUT2D eigenvalue weighted by molar-refractivity contribution is 5.81. The number of hydroxylamine groups is 1. The molecule has 0 spiro atoms. The van der Waals surface area contributed by atoms with Crippen LogP contribution < -0.4 is 5.48 Å². The first kappa shape index (κ1) is 12.7. The predicted octanol–water partition coefficient (Wildman–Crippen LogP) is 2.24. The summed E-state index contributed by atoms with van der Waals surface area (Å²) in [5.74, 6) is -0.101. The van der Waals surface area contributed by atoms with Crippen molar-refractivity contribution in [3.63, 3.8) is 0 Å². The minimum atomic E-state index is -0.467. The molecular weight excluding hydrogens is 202 g/mol. The van der Waals surface area contributed by atoms with Gasteiger partial charge in [-0.2, -0.15) is 0 Å². The van der Waals surface area contributed by atoms with E-state index in [4.69, 9.17) is 0 Å². The molecule has 1 aromatic carbocycles. The standard InChI is InChI=1S/C13H19NO2/c1-10-5-7-11(8-6-10)9-13(2,3)12(15)14-16-4/h5-8H,9H2,1-4H3,(H,14,15). The molecule has 0 aliphatic heterocycles. The van der Waals surface area contributed by atoms with Gasteiger partial charge in [-0.05, 0) is 18.9 Å². The molecule has 1 N–H and O–H groups in total. The maximum atomic E-state index is 11.7.